The molecule has 0 radical (unpaired) electrons. The van der Waals surface area contributed by atoms with Gasteiger partial charge in [-0.1, -0.05) is 35.9 Å². The van der Waals surface area contributed by atoms with E-state index in [1.54, 1.807) is 30.3 Å². The number of hydrogen-bond acceptors (Lipinski definition) is 4. The predicted octanol–water partition coefficient (Wildman–Crippen LogP) is 3.94. The van der Waals surface area contributed by atoms with Gasteiger partial charge in [0.15, 0.2) is 0 Å². The number of Topliss-reactive ketones (excluding diaryl/α,β-unsaturated/α-hetero) is 1. The number of aryl methyl sites for hydroxylation is 2. The zero-order chi connectivity index (χ0) is 21.3. The molecule has 2 aromatic carbocycles. The Bertz CT molecular complexity index is 980. The standard InChI is InChI=1S/C23H25ClN2O3/c1-14-5-6-17(13-15(14)2)21(27)19-20(16-7-9-18(24)10-8-16)26(12-11-25(3)4)23(29)22(19)28/h5-10,13,20,27H,11-12H2,1-4H3/b21-19-. The highest BCUT2D eigenvalue weighted by Crippen LogP contribution is 2.39. The fraction of sp³-hybridized carbons (Fsp3) is 0.304. The van der Waals surface area contributed by atoms with Crippen LogP contribution >= 0.6 is 11.6 Å². The summed E-state index contributed by atoms with van der Waals surface area (Å²) in [5.41, 5.74) is 3.45. The van der Waals surface area contributed by atoms with Gasteiger partial charge in [0.25, 0.3) is 11.7 Å². The smallest absolute Gasteiger partial charge is 0.295 e. The van der Waals surface area contributed by atoms with Crippen LogP contribution in [0.15, 0.2) is 48.0 Å². The van der Waals surface area contributed by atoms with Gasteiger partial charge in [0.1, 0.15) is 5.76 Å². The second-order valence-corrected chi connectivity index (χ2v) is 8.08. The first kappa shape index (κ1) is 21.1. The molecule has 1 unspecified atom stereocenters. The summed E-state index contributed by atoms with van der Waals surface area (Å²) in [4.78, 5) is 29.2. The number of ketones is 1. The number of hydrogen-bond donors (Lipinski definition) is 1. The number of likely N-dealkylation sites (tertiary alicyclic amines) is 1. The Morgan fingerprint density at radius 3 is 2.31 bits per heavy atom. The topological polar surface area (TPSA) is 60.9 Å². The van der Waals surface area contributed by atoms with Crippen LogP contribution in [0.2, 0.25) is 5.02 Å². The summed E-state index contributed by atoms with van der Waals surface area (Å²) in [6, 6.07) is 11.8. The number of aliphatic hydroxyl groups is 1. The van der Waals surface area contributed by atoms with Crippen LogP contribution in [0, 0.1) is 13.8 Å². The van der Waals surface area contributed by atoms with Gasteiger partial charge in [-0.2, -0.15) is 0 Å². The zero-order valence-electron chi connectivity index (χ0n) is 17.1. The molecule has 0 aromatic heterocycles. The maximum absolute atomic E-state index is 12.9. The molecule has 0 spiro atoms. The molecule has 1 amide bonds. The lowest BCUT2D eigenvalue weighted by Crippen LogP contribution is -2.35. The Kier molecular flexibility index (Phi) is 6.10. The molecule has 0 saturated carbocycles. The van der Waals surface area contributed by atoms with E-state index < -0.39 is 17.7 Å². The second-order valence-electron chi connectivity index (χ2n) is 7.65. The highest BCUT2D eigenvalue weighted by atomic mass is 35.5. The lowest BCUT2D eigenvalue weighted by molar-refractivity contribution is -0.140. The number of aliphatic hydroxyl groups excluding tert-OH is 1. The van der Waals surface area contributed by atoms with Crippen molar-refractivity contribution in [2.45, 2.75) is 19.9 Å². The summed E-state index contributed by atoms with van der Waals surface area (Å²) in [7, 11) is 3.81. The van der Waals surface area contributed by atoms with Crippen LogP contribution in [0.5, 0.6) is 0 Å². The van der Waals surface area contributed by atoms with E-state index in [9.17, 15) is 14.7 Å². The van der Waals surface area contributed by atoms with Crippen molar-refractivity contribution in [1.29, 1.82) is 0 Å². The number of likely N-dealkylation sites (N-methyl/N-ethyl adjacent to an activating group) is 1. The van der Waals surface area contributed by atoms with E-state index in [1.807, 2.05) is 45.0 Å². The Balaban J connectivity index is 2.15. The average Bonchev–Trinajstić information content (AvgIpc) is 2.93. The molecule has 0 aliphatic carbocycles. The highest BCUT2D eigenvalue weighted by molar-refractivity contribution is 6.46. The Hall–Kier alpha value is -2.63. The van der Waals surface area contributed by atoms with Crippen molar-refractivity contribution in [3.8, 4) is 0 Å². The van der Waals surface area contributed by atoms with Gasteiger partial charge in [-0.15, -0.1) is 0 Å². The molecule has 1 heterocycles. The van der Waals surface area contributed by atoms with Crippen molar-refractivity contribution in [2.24, 2.45) is 0 Å². The van der Waals surface area contributed by atoms with Gasteiger partial charge in [0, 0.05) is 23.7 Å². The third-order valence-corrected chi connectivity index (χ3v) is 5.55. The third kappa shape index (κ3) is 4.21. The largest absolute Gasteiger partial charge is 0.507 e. The summed E-state index contributed by atoms with van der Waals surface area (Å²) in [6.07, 6.45) is 0. The SMILES string of the molecule is Cc1ccc(/C(O)=C2/C(=O)C(=O)N(CCN(C)C)C2c2ccc(Cl)cc2)cc1C. The van der Waals surface area contributed by atoms with Crippen molar-refractivity contribution in [3.63, 3.8) is 0 Å². The summed E-state index contributed by atoms with van der Waals surface area (Å²) < 4.78 is 0. The minimum atomic E-state index is -0.667. The Labute approximate surface area is 176 Å². The van der Waals surface area contributed by atoms with Crippen molar-refractivity contribution in [2.75, 3.05) is 27.2 Å². The molecule has 1 fully saturated rings. The van der Waals surface area contributed by atoms with Crippen LogP contribution < -0.4 is 0 Å². The molecular formula is C23H25ClN2O3. The fourth-order valence-corrected chi connectivity index (χ4v) is 3.58. The van der Waals surface area contributed by atoms with E-state index >= 15 is 0 Å². The van der Waals surface area contributed by atoms with E-state index in [2.05, 4.69) is 0 Å². The molecule has 0 bridgehead atoms. The van der Waals surface area contributed by atoms with Gasteiger partial charge >= 0.3 is 0 Å². The number of rotatable bonds is 5. The number of nitrogens with zero attached hydrogens (tertiary/aromatic N) is 2. The molecule has 1 atom stereocenters. The van der Waals surface area contributed by atoms with Gasteiger partial charge in [-0.25, -0.2) is 0 Å². The van der Waals surface area contributed by atoms with Crippen LogP contribution in [0.4, 0.5) is 0 Å². The fourth-order valence-electron chi connectivity index (χ4n) is 3.45. The van der Waals surface area contributed by atoms with Crippen molar-refractivity contribution in [3.05, 3.63) is 75.3 Å². The molecule has 1 aliphatic heterocycles. The van der Waals surface area contributed by atoms with Crippen LogP contribution in [-0.2, 0) is 9.59 Å². The minimum absolute atomic E-state index is 0.110. The number of benzene rings is 2. The lowest BCUT2D eigenvalue weighted by Gasteiger charge is -2.26. The molecule has 1 N–H and O–H groups in total. The first-order valence-electron chi connectivity index (χ1n) is 9.47. The van der Waals surface area contributed by atoms with E-state index in [4.69, 9.17) is 11.6 Å². The van der Waals surface area contributed by atoms with Crippen LogP contribution in [0.25, 0.3) is 5.76 Å². The van der Waals surface area contributed by atoms with Crippen molar-refractivity contribution < 1.29 is 14.7 Å². The zero-order valence-corrected chi connectivity index (χ0v) is 17.8. The predicted molar refractivity (Wildman–Crippen MR) is 115 cm³/mol. The molecule has 6 heteroatoms. The summed E-state index contributed by atoms with van der Waals surface area (Å²) >= 11 is 6.03. The number of carbonyl (C=O) groups excluding carboxylic acids is 2. The lowest BCUT2D eigenvalue weighted by atomic mass is 9.94. The first-order valence-corrected chi connectivity index (χ1v) is 9.84. The normalized spacial score (nSPS) is 18.7. The van der Waals surface area contributed by atoms with Gasteiger partial charge < -0.3 is 14.9 Å². The Morgan fingerprint density at radius 2 is 1.72 bits per heavy atom. The molecule has 2 aromatic rings. The monoisotopic (exact) mass is 412 g/mol. The van der Waals surface area contributed by atoms with Crippen LogP contribution in [0.3, 0.4) is 0 Å². The van der Waals surface area contributed by atoms with Crippen LogP contribution in [0.1, 0.15) is 28.3 Å². The van der Waals surface area contributed by atoms with Gasteiger partial charge in [0.2, 0.25) is 0 Å². The minimum Gasteiger partial charge on any atom is -0.507 e. The molecular weight excluding hydrogens is 388 g/mol. The summed E-state index contributed by atoms with van der Waals surface area (Å²) in [5.74, 6) is -1.42. The average molecular weight is 413 g/mol. The maximum atomic E-state index is 12.9. The molecule has 1 aliphatic rings. The molecule has 29 heavy (non-hydrogen) atoms. The van der Waals surface area contributed by atoms with E-state index in [-0.39, 0.29) is 11.3 Å². The number of amides is 1. The maximum Gasteiger partial charge on any atom is 0.295 e. The van der Waals surface area contributed by atoms with Crippen molar-refractivity contribution >= 4 is 29.1 Å². The van der Waals surface area contributed by atoms with Gasteiger partial charge in [-0.05, 0) is 62.8 Å². The van der Waals surface area contributed by atoms with Crippen molar-refractivity contribution in [1.82, 2.24) is 9.80 Å². The quantitative estimate of drug-likeness (QED) is 0.459. The highest BCUT2D eigenvalue weighted by Gasteiger charge is 2.45. The molecule has 1 saturated heterocycles. The summed E-state index contributed by atoms with van der Waals surface area (Å²) in [5, 5.41) is 11.6. The summed E-state index contributed by atoms with van der Waals surface area (Å²) in [6.45, 7) is 4.89. The van der Waals surface area contributed by atoms with E-state index in [1.165, 1.54) is 4.90 Å². The molecule has 3 rings (SSSR count). The van der Waals surface area contributed by atoms with Gasteiger partial charge in [0.05, 0.1) is 11.6 Å². The van der Waals surface area contributed by atoms with Crippen LogP contribution in [-0.4, -0.2) is 53.8 Å². The van der Waals surface area contributed by atoms with E-state index in [0.717, 1.165) is 16.7 Å². The van der Waals surface area contributed by atoms with Gasteiger partial charge in [-0.3, -0.25) is 9.59 Å². The van der Waals surface area contributed by atoms with E-state index in [0.29, 0.717) is 23.7 Å². The third-order valence-electron chi connectivity index (χ3n) is 5.29. The first-order chi connectivity index (χ1) is 13.7. The second kappa shape index (κ2) is 8.39. The Morgan fingerprint density at radius 1 is 1.07 bits per heavy atom. The molecule has 152 valence electrons. The molecule has 5 nitrogen and oxygen atoms in total. The number of halogens is 1. The number of carbonyl (C=O) groups is 2.